The van der Waals surface area contributed by atoms with Gasteiger partial charge in [0.05, 0.1) is 5.25 Å². The van der Waals surface area contributed by atoms with Gasteiger partial charge in [0.1, 0.15) is 11.4 Å². The van der Waals surface area contributed by atoms with Crippen molar-refractivity contribution in [2.75, 3.05) is 0 Å². The van der Waals surface area contributed by atoms with Gasteiger partial charge >= 0.3 is 12.4 Å². The number of carbonyl (C=O) groups excluding carboxylic acids is 2. The molecule has 0 bridgehead atoms. The van der Waals surface area contributed by atoms with E-state index in [9.17, 15) is 44.3 Å². The fraction of sp³-hybridized carbons (Fsp3) is 0.500. The first kappa shape index (κ1) is 32.6. The van der Waals surface area contributed by atoms with E-state index < -0.39 is 80.3 Å². The smallest absolute Gasteiger partial charge is 0.351 e. The van der Waals surface area contributed by atoms with Gasteiger partial charge in [0.2, 0.25) is 10.0 Å². The monoisotopic (exact) mass is 637 g/mol. The number of alkyl halides is 6. The van der Waals surface area contributed by atoms with Crippen molar-refractivity contribution in [1.82, 2.24) is 14.6 Å². The van der Waals surface area contributed by atoms with E-state index in [1.165, 1.54) is 18.5 Å². The molecule has 4 rings (SSSR count). The lowest BCUT2D eigenvalue weighted by Gasteiger charge is -2.41. The fourth-order valence-corrected chi connectivity index (χ4v) is 6.32. The topological polar surface area (TPSA) is 97.3 Å². The molecule has 0 spiro atoms. The summed E-state index contributed by atoms with van der Waals surface area (Å²) in [7, 11) is -4.18. The Hall–Kier alpha value is -3.36. The predicted molar refractivity (Wildman–Crippen MR) is 142 cm³/mol. The lowest BCUT2D eigenvalue weighted by molar-refractivity contribution is -0.202. The average Bonchev–Trinajstić information content (AvgIpc) is 3.62. The van der Waals surface area contributed by atoms with Crippen LogP contribution in [0.15, 0.2) is 42.2 Å². The summed E-state index contributed by atoms with van der Waals surface area (Å²) in [6, 6.07) is 3.97. The second kappa shape index (κ2) is 11.6. The first-order chi connectivity index (χ1) is 19.8. The van der Waals surface area contributed by atoms with Gasteiger partial charge in [-0.2, -0.15) is 26.3 Å². The summed E-state index contributed by atoms with van der Waals surface area (Å²) in [5.41, 5.74) is -5.38. The maximum atomic E-state index is 15.4. The Morgan fingerprint density at radius 3 is 2.33 bits per heavy atom. The van der Waals surface area contributed by atoms with Gasteiger partial charge in [-0.15, -0.1) is 0 Å². The number of benzene rings is 1. The van der Waals surface area contributed by atoms with Crippen molar-refractivity contribution in [2.45, 2.75) is 88.0 Å². The highest BCUT2D eigenvalue weighted by atomic mass is 32.2. The number of amides is 2. The molecule has 0 saturated heterocycles. The largest absolute Gasteiger partial charge is 0.416 e. The summed E-state index contributed by atoms with van der Waals surface area (Å²) in [6.07, 6.45) is -8.63. The molecule has 1 atom stereocenters. The van der Waals surface area contributed by atoms with Crippen molar-refractivity contribution >= 4 is 27.4 Å². The summed E-state index contributed by atoms with van der Waals surface area (Å²) in [5.74, 6) is -4.30. The van der Waals surface area contributed by atoms with E-state index in [0.29, 0.717) is 0 Å². The SMILES string of the molecule is CC(C)n1ccc(C2=C(C(=O)NS(=O)(=O)C3CC3)C(=O)NC(c3ccc(CCCCC(F)(F)F)cc3F)(C(F)(F)F)C2)c1. The van der Waals surface area contributed by atoms with Crippen molar-refractivity contribution in [3.8, 4) is 0 Å². The molecule has 1 aliphatic heterocycles. The lowest BCUT2D eigenvalue weighted by Crippen LogP contribution is -2.60. The molecule has 1 aliphatic carbocycles. The molecule has 236 valence electrons. The lowest BCUT2D eigenvalue weighted by atomic mass is 9.76. The van der Waals surface area contributed by atoms with Crippen molar-refractivity contribution in [2.24, 2.45) is 0 Å². The second-order valence-corrected chi connectivity index (χ2v) is 13.1. The zero-order valence-electron chi connectivity index (χ0n) is 23.2. The number of aromatic nitrogens is 1. The number of sulfonamides is 1. The number of hydrogen-bond acceptors (Lipinski definition) is 4. The molecule has 15 heteroatoms. The predicted octanol–water partition coefficient (Wildman–Crippen LogP) is 5.82. The van der Waals surface area contributed by atoms with E-state index in [2.05, 4.69) is 0 Å². The van der Waals surface area contributed by atoms with Gasteiger partial charge in [0.25, 0.3) is 11.8 Å². The first-order valence-corrected chi connectivity index (χ1v) is 15.1. The van der Waals surface area contributed by atoms with E-state index in [4.69, 9.17) is 0 Å². The molecule has 1 fully saturated rings. The molecule has 2 N–H and O–H groups in total. The minimum atomic E-state index is -5.30. The van der Waals surface area contributed by atoms with Crippen LogP contribution in [0.2, 0.25) is 0 Å². The molecule has 2 heterocycles. The minimum Gasteiger partial charge on any atom is -0.351 e. The Kier molecular flexibility index (Phi) is 8.80. The van der Waals surface area contributed by atoms with Gasteiger partial charge in [-0.3, -0.25) is 9.59 Å². The normalized spacial score (nSPS) is 20.0. The van der Waals surface area contributed by atoms with Gasteiger partial charge < -0.3 is 9.88 Å². The van der Waals surface area contributed by atoms with Crippen LogP contribution in [0.3, 0.4) is 0 Å². The highest BCUT2D eigenvalue weighted by molar-refractivity contribution is 7.91. The molecule has 2 aliphatic rings. The van der Waals surface area contributed by atoms with Crippen LogP contribution < -0.4 is 10.0 Å². The molecule has 1 unspecified atom stereocenters. The van der Waals surface area contributed by atoms with Gasteiger partial charge in [-0.1, -0.05) is 12.1 Å². The highest BCUT2D eigenvalue weighted by Gasteiger charge is 2.61. The maximum Gasteiger partial charge on any atom is 0.416 e. The summed E-state index contributed by atoms with van der Waals surface area (Å²) in [5, 5.41) is 0.900. The Labute approximate surface area is 243 Å². The van der Waals surface area contributed by atoms with E-state index in [-0.39, 0.29) is 49.3 Å². The number of unbranched alkanes of at least 4 members (excludes halogenated alkanes) is 1. The molecular formula is C28H30F7N3O4S. The summed E-state index contributed by atoms with van der Waals surface area (Å²) < 4.78 is 126. The second-order valence-electron chi connectivity index (χ2n) is 11.1. The van der Waals surface area contributed by atoms with Gasteiger partial charge in [-0.25, -0.2) is 17.5 Å². The van der Waals surface area contributed by atoms with Crippen molar-refractivity contribution < 1.29 is 48.7 Å². The summed E-state index contributed by atoms with van der Waals surface area (Å²) >= 11 is 0. The van der Waals surface area contributed by atoms with Gasteiger partial charge in [0.15, 0.2) is 5.54 Å². The minimum absolute atomic E-state index is 0.0153. The molecule has 7 nitrogen and oxygen atoms in total. The molecular weight excluding hydrogens is 607 g/mol. The van der Waals surface area contributed by atoms with Crippen LogP contribution in [0.5, 0.6) is 0 Å². The molecule has 2 aromatic rings. The fourth-order valence-electron chi connectivity index (χ4n) is 5.03. The number of carbonyl (C=O) groups is 2. The van der Waals surface area contributed by atoms with Gasteiger partial charge in [-0.05, 0) is 74.8 Å². The van der Waals surface area contributed by atoms with Crippen LogP contribution in [-0.4, -0.2) is 42.4 Å². The average molecular weight is 638 g/mol. The quantitative estimate of drug-likeness (QED) is 0.195. The highest BCUT2D eigenvalue weighted by Crippen LogP contribution is 2.49. The van der Waals surface area contributed by atoms with Gasteiger partial charge in [0, 0.05) is 36.8 Å². The molecule has 2 amide bonds. The standard InChI is InChI=1S/C28H30F7N3O4S/c1-16(2)38-12-10-18(15-38)20-14-26(28(33,34)35,36-24(39)23(20)25(40)37-43(41,42)19-7-8-19)21-9-6-17(13-22(21)29)5-3-4-11-27(30,31)32/h6,9-10,12-13,15-16,19H,3-5,7-8,11,14H2,1-2H3,(H,36,39)(H,37,40). The summed E-state index contributed by atoms with van der Waals surface area (Å²) in [6.45, 7) is 3.56. The van der Waals surface area contributed by atoms with Crippen LogP contribution in [0.1, 0.15) is 75.1 Å². The van der Waals surface area contributed by atoms with E-state index in [1.54, 1.807) is 28.5 Å². The number of nitrogens with zero attached hydrogens (tertiary/aromatic N) is 1. The third kappa shape index (κ3) is 7.07. The molecule has 1 aromatic carbocycles. The summed E-state index contributed by atoms with van der Waals surface area (Å²) in [4.78, 5) is 26.5. The Bertz CT molecular complexity index is 1540. The van der Waals surface area contributed by atoms with E-state index in [0.717, 1.165) is 18.2 Å². The molecule has 1 aromatic heterocycles. The molecule has 0 radical (unpaired) electrons. The van der Waals surface area contributed by atoms with Crippen LogP contribution in [0.25, 0.3) is 5.57 Å². The van der Waals surface area contributed by atoms with Crippen LogP contribution in [-0.2, 0) is 31.6 Å². The van der Waals surface area contributed by atoms with Crippen LogP contribution >= 0.6 is 0 Å². The number of aryl methyl sites for hydroxylation is 1. The van der Waals surface area contributed by atoms with E-state index in [1.807, 2.05) is 0 Å². The first-order valence-electron chi connectivity index (χ1n) is 13.6. The number of nitrogens with one attached hydrogen (secondary N) is 2. The van der Waals surface area contributed by atoms with Crippen LogP contribution in [0, 0.1) is 5.82 Å². The number of rotatable bonds is 10. The zero-order chi connectivity index (χ0) is 32.0. The third-order valence-electron chi connectivity index (χ3n) is 7.53. The van der Waals surface area contributed by atoms with Crippen LogP contribution in [0.4, 0.5) is 30.7 Å². The number of hydrogen-bond donors (Lipinski definition) is 2. The van der Waals surface area contributed by atoms with Crippen molar-refractivity contribution in [3.63, 3.8) is 0 Å². The zero-order valence-corrected chi connectivity index (χ0v) is 24.0. The third-order valence-corrected chi connectivity index (χ3v) is 9.35. The van der Waals surface area contributed by atoms with Crippen molar-refractivity contribution in [1.29, 1.82) is 0 Å². The molecule has 1 saturated carbocycles. The maximum absolute atomic E-state index is 15.4. The number of halogens is 7. The Morgan fingerprint density at radius 2 is 1.79 bits per heavy atom. The Balaban J connectivity index is 1.76. The van der Waals surface area contributed by atoms with Crippen molar-refractivity contribution in [3.05, 3.63) is 64.7 Å². The van der Waals surface area contributed by atoms with E-state index >= 15 is 4.39 Å². The Morgan fingerprint density at radius 1 is 1.12 bits per heavy atom. The molecule has 43 heavy (non-hydrogen) atoms.